The Morgan fingerprint density at radius 3 is 2.62 bits per heavy atom. The van der Waals surface area contributed by atoms with Crippen molar-refractivity contribution in [3.63, 3.8) is 0 Å². The topological polar surface area (TPSA) is 57.2 Å². The van der Waals surface area contributed by atoms with Crippen LogP contribution >= 0.6 is 0 Å². The Bertz CT molecular complexity index is 556. The maximum Gasteiger partial charge on any atom is 0.0570 e. The van der Waals surface area contributed by atoms with Gasteiger partial charge in [-0.1, -0.05) is 12.1 Å². The molecule has 4 nitrogen and oxygen atoms in total. The Morgan fingerprint density at radius 1 is 1.10 bits per heavy atom. The Hall–Kier alpha value is -1.91. The number of anilines is 2. The molecule has 1 aromatic carbocycles. The average Bonchev–Trinajstić information content (AvgIpc) is 2.93. The second kappa shape index (κ2) is 6.70. The van der Waals surface area contributed by atoms with Gasteiger partial charge in [-0.05, 0) is 49.1 Å². The summed E-state index contributed by atoms with van der Waals surface area (Å²) in [6.45, 7) is 0.852. The van der Waals surface area contributed by atoms with Gasteiger partial charge in [-0.25, -0.2) is 0 Å². The van der Waals surface area contributed by atoms with E-state index in [-0.39, 0.29) is 6.10 Å². The first-order valence-electron chi connectivity index (χ1n) is 7.47. The van der Waals surface area contributed by atoms with Crippen LogP contribution in [0, 0.1) is 0 Å². The largest absolute Gasteiger partial charge is 0.393 e. The van der Waals surface area contributed by atoms with E-state index in [9.17, 15) is 5.11 Å². The first-order valence-corrected chi connectivity index (χ1v) is 7.47. The van der Waals surface area contributed by atoms with E-state index < -0.39 is 0 Å². The average molecular weight is 283 g/mol. The third-order valence-electron chi connectivity index (χ3n) is 3.90. The van der Waals surface area contributed by atoms with Gasteiger partial charge in [0.1, 0.15) is 0 Å². The number of pyridine rings is 1. The molecule has 4 heteroatoms. The highest BCUT2D eigenvalue weighted by atomic mass is 16.3. The normalized spacial score (nSPS) is 21.4. The molecule has 21 heavy (non-hydrogen) atoms. The van der Waals surface area contributed by atoms with Crippen LogP contribution in [-0.4, -0.2) is 22.2 Å². The van der Waals surface area contributed by atoms with Crippen LogP contribution in [0.25, 0.3) is 0 Å². The Labute approximate surface area is 125 Å². The van der Waals surface area contributed by atoms with Gasteiger partial charge in [0, 0.05) is 24.5 Å². The predicted octanol–water partition coefficient (Wildman–Crippen LogP) is 2.83. The van der Waals surface area contributed by atoms with Crippen LogP contribution in [0.2, 0.25) is 0 Å². The van der Waals surface area contributed by atoms with Crippen molar-refractivity contribution in [2.45, 2.75) is 38.0 Å². The van der Waals surface area contributed by atoms with Gasteiger partial charge in [0.15, 0.2) is 0 Å². The van der Waals surface area contributed by atoms with Gasteiger partial charge in [-0.15, -0.1) is 0 Å². The lowest BCUT2D eigenvalue weighted by molar-refractivity contribution is 0.179. The number of hydrogen-bond donors (Lipinski definition) is 3. The summed E-state index contributed by atoms with van der Waals surface area (Å²) in [6, 6.07) is 12.8. The van der Waals surface area contributed by atoms with E-state index in [1.165, 1.54) is 5.56 Å². The zero-order valence-corrected chi connectivity index (χ0v) is 12.0. The fourth-order valence-electron chi connectivity index (χ4n) is 2.71. The molecule has 1 heterocycles. The van der Waals surface area contributed by atoms with Gasteiger partial charge in [-0.3, -0.25) is 4.98 Å². The van der Waals surface area contributed by atoms with E-state index in [1.807, 2.05) is 12.1 Å². The summed E-state index contributed by atoms with van der Waals surface area (Å²) in [5.41, 5.74) is 3.31. The third kappa shape index (κ3) is 4.03. The van der Waals surface area contributed by atoms with Crippen LogP contribution in [-0.2, 0) is 6.54 Å². The van der Waals surface area contributed by atoms with Crippen LogP contribution in [0.1, 0.15) is 24.8 Å². The molecule has 1 aromatic heterocycles. The molecule has 3 N–H and O–H groups in total. The Morgan fingerprint density at radius 2 is 1.95 bits per heavy atom. The van der Waals surface area contributed by atoms with Crippen molar-refractivity contribution >= 4 is 11.4 Å². The molecule has 0 amide bonds. The van der Waals surface area contributed by atoms with E-state index in [0.717, 1.165) is 37.2 Å². The van der Waals surface area contributed by atoms with Crippen LogP contribution in [0.15, 0.2) is 48.8 Å². The molecular formula is C17H21N3O. The number of nitrogens with zero attached hydrogens (tertiary/aromatic N) is 1. The zero-order valence-electron chi connectivity index (χ0n) is 12.0. The SMILES string of the molecule is OC1CCC(NCc2ccc(Nc3cccnc3)cc2)C1. The summed E-state index contributed by atoms with van der Waals surface area (Å²) in [5.74, 6) is 0. The molecule has 0 bridgehead atoms. The summed E-state index contributed by atoms with van der Waals surface area (Å²) in [6.07, 6.45) is 6.32. The van der Waals surface area contributed by atoms with Gasteiger partial charge < -0.3 is 15.7 Å². The number of rotatable bonds is 5. The van der Waals surface area contributed by atoms with Crippen LogP contribution in [0.3, 0.4) is 0 Å². The molecule has 110 valence electrons. The van der Waals surface area contributed by atoms with Gasteiger partial charge >= 0.3 is 0 Å². The number of aliphatic hydroxyl groups is 1. The molecule has 1 saturated carbocycles. The first-order chi connectivity index (χ1) is 10.3. The highest BCUT2D eigenvalue weighted by Gasteiger charge is 2.21. The molecular weight excluding hydrogens is 262 g/mol. The van der Waals surface area contributed by atoms with Crippen LogP contribution in [0.5, 0.6) is 0 Å². The smallest absolute Gasteiger partial charge is 0.0570 e. The quantitative estimate of drug-likeness (QED) is 0.790. The summed E-state index contributed by atoms with van der Waals surface area (Å²) in [4.78, 5) is 4.09. The van der Waals surface area contributed by atoms with E-state index in [0.29, 0.717) is 6.04 Å². The molecule has 3 rings (SSSR count). The maximum absolute atomic E-state index is 9.52. The van der Waals surface area contributed by atoms with Crippen molar-refractivity contribution in [2.75, 3.05) is 5.32 Å². The number of hydrogen-bond acceptors (Lipinski definition) is 4. The lowest BCUT2D eigenvalue weighted by Gasteiger charge is -2.12. The van der Waals surface area contributed by atoms with E-state index in [4.69, 9.17) is 0 Å². The first kappa shape index (κ1) is 14.0. The van der Waals surface area contributed by atoms with Gasteiger partial charge in [0.25, 0.3) is 0 Å². The minimum Gasteiger partial charge on any atom is -0.393 e. The number of nitrogens with one attached hydrogen (secondary N) is 2. The highest BCUT2D eigenvalue weighted by Crippen LogP contribution is 2.20. The van der Waals surface area contributed by atoms with Gasteiger partial charge in [0.05, 0.1) is 18.0 Å². The van der Waals surface area contributed by atoms with Crippen molar-refractivity contribution in [2.24, 2.45) is 0 Å². The molecule has 1 fully saturated rings. The second-order valence-electron chi connectivity index (χ2n) is 5.61. The van der Waals surface area contributed by atoms with Gasteiger partial charge in [0.2, 0.25) is 0 Å². The van der Waals surface area contributed by atoms with Crippen molar-refractivity contribution in [3.8, 4) is 0 Å². The fraction of sp³-hybridized carbons (Fsp3) is 0.353. The summed E-state index contributed by atoms with van der Waals surface area (Å²) in [5, 5.41) is 16.3. The molecule has 0 radical (unpaired) electrons. The minimum absolute atomic E-state index is 0.117. The maximum atomic E-state index is 9.52. The summed E-state index contributed by atoms with van der Waals surface area (Å²) < 4.78 is 0. The van der Waals surface area contributed by atoms with E-state index in [1.54, 1.807) is 12.4 Å². The predicted molar refractivity (Wildman–Crippen MR) is 84.4 cm³/mol. The second-order valence-corrected chi connectivity index (χ2v) is 5.61. The van der Waals surface area contributed by atoms with Crippen molar-refractivity contribution in [1.29, 1.82) is 0 Å². The Balaban J connectivity index is 1.52. The van der Waals surface area contributed by atoms with E-state index in [2.05, 4.69) is 39.9 Å². The Kier molecular flexibility index (Phi) is 4.48. The van der Waals surface area contributed by atoms with Crippen molar-refractivity contribution < 1.29 is 5.11 Å². The lowest BCUT2D eigenvalue weighted by atomic mass is 10.1. The highest BCUT2D eigenvalue weighted by molar-refractivity contribution is 5.58. The summed E-state index contributed by atoms with van der Waals surface area (Å²) in [7, 11) is 0. The molecule has 0 aliphatic heterocycles. The van der Waals surface area contributed by atoms with Crippen LogP contribution in [0.4, 0.5) is 11.4 Å². The number of benzene rings is 1. The van der Waals surface area contributed by atoms with Crippen LogP contribution < -0.4 is 10.6 Å². The molecule has 0 saturated heterocycles. The van der Waals surface area contributed by atoms with Crippen molar-refractivity contribution in [3.05, 3.63) is 54.4 Å². The van der Waals surface area contributed by atoms with Crippen molar-refractivity contribution in [1.82, 2.24) is 10.3 Å². The number of aliphatic hydroxyl groups excluding tert-OH is 1. The molecule has 1 aliphatic carbocycles. The minimum atomic E-state index is -0.117. The van der Waals surface area contributed by atoms with Gasteiger partial charge in [-0.2, -0.15) is 0 Å². The standard InChI is InChI=1S/C17H21N3O/c21-17-8-7-15(10-17)19-11-13-3-5-14(6-4-13)20-16-2-1-9-18-12-16/h1-6,9,12,15,17,19-21H,7-8,10-11H2. The third-order valence-corrected chi connectivity index (χ3v) is 3.90. The lowest BCUT2D eigenvalue weighted by Crippen LogP contribution is -2.26. The number of aromatic nitrogens is 1. The molecule has 2 aromatic rings. The molecule has 0 spiro atoms. The zero-order chi connectivity index (χ0) is 14.5. The fourth-order valence-corrected chi connectivity index (χ4v) is 2.71. The molecule has 1 aliphatic rings. The summed E-state index contributed by atoms with van der Waals surface area (Å²) >= 11 is 0. The molecule has 2 unspecified atom stereocenters. The monoisotopic (exact) mass is 283 g/mol. The molecule has 2 atom stereocenters. The van der Waals surface area contributed by atoms with E-state index >= 15 is 0 Å².